The highest BCUT2D eigenvalue weighted by Crippen LogP contribution is 2.22. The van der Waals surface area contributed by atoms with Crippen LogP contribution in [0.3, 0.4) is 0 Å². The van der Waals surface area contributed by atoms with Crippen molar-refractivity contribution in [1.82, 2.24) is 4.90 Å². The lowest BCUT2D eigenvalue weighted by atomic mass is 10.0. The number of hydrogen-bond acceptors (Lipinski definition) is 4. The maximum absolute atomic E-state index is 12.0. The summed E-state index contributed by atoms with van der Waals surface area (Å²) < 4.78 is 22.7. The van der Waals surface area contributed by atoms with Gasteiger partial charge in [0.2, 0.25) is 5.91 Å². The molecule has 1 heterocycles. The molecule has 0 aliphatic carbocycles. The van der Waals surface area contributed by atoms with Crippen molar-refractivity contribution in [2.75, 3.05) is 25.1 Å². The molecule has 1 fully saturated rings. The molecule has 2 unspecified atom stereocenters. The SMILES string of the molecule is CC(C)C(N)CCN(C)C(=O)CC1CCS(=O)(=O)C1. The number of carbonyl (C=O) groups is 1. The smallest absolute Gasteiger partial charge is 0.222 e. The molecule has 0 aromatic carbocycles. The standard InChI is InChI=1S/C13H26N2O3S/c1-10(2)12(14)4-6-15(3)13(16)8-11-5-7-19(17,18)9-11/h10-12H,4-9,14H2,1-3H3. The largest absolute Gasteiger partial charge is 0.346 e. The van der Waals surface area contributed by atoms with Crippen LogP contribution in [0.25, 0.3) is 0 Å². The molecule has 6 heteroatoms. The van der Waals surface area contributed by atoms with Crippen molar-refractivity contribution in [3.8, 4) is 0 Å². The molecular weight excluding hydrogens is 264 g/mol. The summed E-state index contributed by atoms with van der Waals surface area (Å²) in [5, 5.41) is 0. The Labute approximate surface area is 116 Å². The molecule has 0 radical (unpaired) electrons. The van der Waals surface area contributed by atoms with E-state index < -0.39 is 9.84 Å². The van der Waals surface area contributed by atoms with Crippen LogP contribution in [-0.2, 0) is 14.6 Å². The van der Waals surface area contributed by atoms with Crippen LogP contribution in [0, 0.1) is 11.8 Å². The van der Waals surface area contributed by atoms with Crippen LogP contribution in [0.1, 0.15) is 33.1 Å². The first-order valence-corrected chi connectivity index (χ1v) is 8.73. The average Bonchev–Trinajstić information content (AvgIpc) is 2.64. The summed E-state index contributed by atoms with van der Waals surface area (Å²) in [6.45, 7) is 4.77. The van der Waals surface area contributed by atoms with Gasteiger partial charge in [-0.15, -0.1) is 0 Å². The Morgan fingerprint density at radius 2 is 2.05 bits per heavy atom. The van der Waals surface area contributed by atoms with Gasteiger partial charge in [0.25, 0.3) is 0 Å². The third-order valence-corrected chi connectivity index (χ3v) is 5.71. The van der Waals surface area contributed by atoms with Crippen molar-refractivity contribution < 1.29 is 13.2 Å². The van der Waals surface area contributed by atoms with Crippen molar-refractivity contribution in [3.05, 3.63) is 0 Å². The third-order valence-electron chi connectivity index (χ3n) is 3.87. The Bertz CT molecular complexity index is 406. The first kappa shape index (κ1) is 16.4. The summed E-state index contributed by atoms with van der Waals surface area (Å²) in [6, 6.07) is 0.0992. The zero-order chi connectivity index (χ0) is 14.6. The van der Waals surface area contributed by atoms with Crippen LogP contribution in [0.2, 0.25) is 0 Å². The number of nitrogens with zero attached hydrogens (tertiary/aromatic N) is 1. The topological polar surface area (TPSA) is 80.5 Å². The predicted molar refractivity (Wildman–Crippen MR) is 76.4 cm³/mol. The molecule has 2 atom stereocenters. The lowest BCUT2D eigenvalue weighted by Crippen LogP contribution is -2.35. The molecule has 0 saturated carbocycles. The van der Waals surface area contributed by atoms with E-state index in [-0.39, 0.29) is 29.4 Å². The second-order valence-corrected chi connectivity index (χ2v) is 8.21. The molecule has 112 valence electrons. The zero-order valence-corrected chi connectivity index (χ0v) is 12.9. The van der Waals surface area contributed by atoms with Gasteiger partial charge in [0.15, 0.2) is 9.84 Å². The predicted octanol–water partition coefficient (Wildman–Crippen LogP) is 0.643. The van der Waals surface area contributed by atoms with E-state index >= 15 is 0 Å². The summed E-state index contributed by atoms with van der Waals surface area (Å²) in [6.07, 6.45) is 1.74. The van der Waals surface area contributed by atoms with Gasteiger partial charge in [-0.3, -0.25) is 4.79 Å². The second kappa shape index (κ2) is 6.70. The average molecular weight is 290 g/mol. The van der Waals surface area contributed by atoms with E-state index in [1.54, 1.807) is 11.9 Å². The molecule has 0 bridgehead atoms. The Hall–Kier alpha value is -0.620. The van der Waals surface area contributed by atoms with E-state index in [0.717, 1.165) is 6.42 Å². The lowest BCUT2D eigenvalue weighted by molar-refractivity contribution is -0.130. The molecule has 2 N–H and O–H groups in total. The van der Waals surface area contributed by atoms with Gasteiger partial charge in [-0.05, 0) is 24.7 Å². The van der Waals surface area contributed by atoms with Crippen molar-refractivity contribution in [3.63, 3.8) is 0 Å². The molecule has 0 aromatic heterocycles. The Kier molecular flexibility index (Phi) is 5.80. The van der Waals surface area contributed by atoms with Gasteiger partial charge in [0.05, 0.1) is 11.5 Å². The minimum atomic E-state index is -2.89. The lowest BCUT2D eigenvalue weighted by Gasteiger charge is -2.22. The van der Waals surface area contributed by atoms with E-state index in [2.05, 4.69) is 13.8 Å². The molecule has 1 amide bonds. The minimum Gasteiger partial charge on any atom is -0.346 e. The Morgan fingerprint density at radius 3 is 2.53 bits per heavy atom. The van der Waals surface area contributed by atoms with Crippen LogP contribution >= 0.6 is 0 Å². The summed E-state index contributed by atoms with van der Waals surface area (Å²) in [5.74, 6) is 0.825. The monoisotopic (exact) mass is 290 g/mol. The first-order valence-electron chi connectivity index (χ1n) is 6.91. The summed E-state index contributed by atoms with van der Waals surface area (Å²) in [4.78, 5) is 13.7. The molecule has 19 heavy (non-hydrogen) atoms. The van der Waals surface area contributed by atoms with Gasteiger partial charge >= 0.3 is 0 Å². The van der Waals surface area contributed by atoms with E-state index in [1.165, 1.54) is 0 Å². The number of sulfone groups is 1. The van der Waals surface area contributed by atoms with Crippen molar-refractivity contribution in [1.29, 1.82) is 0 Å². The van der Waals surface area contributed by atoms with Crippen molar-refractivity contribution in [2.45, 2.75) is 39.2 Å². The molecule has 1 aliphatic heterocycles. The number of nitrogens with two attached hydrogens (primary N) is 1. The van der Waals surface area contributed by atoms with Crippen LogP contribution < -0.4 is 5.73 Å². The van der Waals surface area contributed by atoms with Gasteiger partial charge in [0, 0.05) is 26.1 Å². The molecular formula is C13H26N2O3S. The number of hydrogen-bond donors (Lipinski definition) is 1. The van der Waals surface area contributed by atoms with Gasteiger partial charge < -0.3 is 10.6 Å². The fourth-order valence-corrected chi connectivity index (χ4v) is 4.10. The van der Waals surface area contributed by atoms with Crippen LogP contribution in [0.5, 0.6) is 0 Å². The molecule has 1 saturated heterocycles. The third kappa shape index (κ3) is 5.48. The van der Waals surface area contributed by atoms with Gasteiger partial charge in [0.1, 0.15) is 0 Å². The molecule has 0 aromatic rings. The van der Waals surface area contributed by atoms with Gasteiger partial charge in [-0.1, -0.05) is 13.8 Å². The van der Waals surface area contributed by atoms with Crippen molar-refractivity contribution in [2.24, 2.45) is 17.6 Å². The van der Waals surface area contributed by atoms with Crippen LogP contribution in [-0.4, -0.2) is 50.4 Å². The minimum absolute atomic E-state index is 0.00118. The highest BCUT2D eigenvalue weighted by atomic mass is 32.2. The first-order chi connectivity index (χ1) is 8.71. The summed E-state index contributed by atoms with van der Waals surface area (Å²) in [7, 11) is -1.13. The number of rotatable bonds is 6. The Balaban J connectivity index is 2.33. The maximum Gasteiger partial charge on any atom is 0.222 e. The Morgan fingerprint density at radius 1 is 1.42 bits per heavy atom. The fraction of sp³-hybridized carbons (Fsp3) is 0.923. The highest BCUT2D eigenvalue weighted by molar-refractivity contribution is 7.91. The second-order valence-electron chi connectivity index (χ2n) is 5.99. The summed E-state index contributed by atoms with van der Waals surface area (Å²) >= 11 is 0. The van der Waals surface area contributed by atoms with Crippen LogP contribution in [0.4, 0.5) is 0 Å². The highest BCUT2D eigenvalue weighted by Gasteiger charge is 2.30. The van der Waals surface area contributed by atoms with Gasteiger partial charge in [-0.2, -0.15) is 0 Å². The fourth-order valence-electron chi connectivity index (χ4n) is 2.24. The maximum atomic E-state index is 12.0. The van der Waals surface area contributed by atoms with E-state index in [0.29, 0.717) is 25.3 Å². The van der Waals surface area contributed by atoms with E-state index in [9.17, 15) is 13.2 Å². The van der Waals surface area contributed by atoms with E-state index in [4.69, 9.17) is 5.73 Å². The zero-order valence-electron chi connectivity index (χ0n) is 12.1. The number of amides is 1. The molecule has 1 rings (SSSR count). The summed E-state index contributed by atoms with van der Waals surface area (Å²) in [5.41, 5.74) is 5.95. The molecule has 1 aliphatic rings. The van der Waals surface area contributed by atoms with Crippen LogP contribution in [0.15, 0.2) is 0 Å². The molecule has 0 spiro atoms. The molecule has 5 nitrogen and oxygen atoms in total. The van der Waals surface area contributed by atoms with E-state index in [1.807, 2.05) is 0 Å². The van der Waals surface area contributed by atoms with Crippen molar-refractivity contribution >= 4 is 15.7 Å². The quantitative estimate of drug-likeness (QED) is 0.778. The number of carbonyl (C=O) groups excluding carboxylic acids is 1. The van der Waals surface area contributed by atoms with Gasteiger partial charge in [-0.25, -0.2) is 8.42 Å². The normalized spacial score (nSPS) is 23.5.